The zero-order valence-electron chi connectivity index (χ0n) is 16.3. The molecule has 0 saturated heterocycles. The van der Waals surface area contributed by atoms with Gasteiger partial charge >= 0.3 is 0 Å². The van der Waals surface area contributed by atoms with Crippen molar-refractivity contribution in [1.29, 1.82) is 0 Å². The first kappa shape index (κ1) is 20.3. The molecule has 3 aromatic heterocycles. The number of rotatable bonds is 6. The highest BCUT2D eigenvalue weighted by atomic mass is 35.5. The number of benzene rings is 1. The van der Waals surface area contributed by atoms with Gasteiger partial charge in [-0.1, -0.05) is 11.6 Å². The van der Waals surface area contributed by atoms with Crippen molar-refractivity contribution in [1.82, 2.24) is 15.2 Å². The number of pyridine rings is 1. The van der Waals surface area contributed by atoms with Crippen molar-refractivity contribution in [2.45, 2.75) is 26.6 Å². The van der Waals surface area contributed by atoms with Crippen molar-refractivity contribution in [2.24, 2.45) is 0 Å². The molecule has 0 aliphatic heterocycles. The van der Waals surface area contributed by atoms with Crippen LogP contribution in [0.15, 0.2) is 68.6 Å². The molecule has 1 aromatic carbocycles. The van der Waals surface area contributed by atoms with E-state index in [1.54, 1.807) is 18.6 Å². The van der Waals surface area contributed by atoms with Crippen molar-refractivity contribution >= 4 is 39.8 Å². The SMILES string of the molecule is Cc1cc2cc(CN(Cc3ccco3)C(=S)NCc3ccco3)c(=O)[nH]c2cc1Cl. The van der Waals surface area contributed by atoms with E-state index in [-0.39, 0.29) is 5.56 Å². The van der Waals surface area contributed by atoms with Gasteiger partial charge in [-0.05, 0) is 72.6 Å². The van der Waals surface area contributed by atoms with Crippen molar-refractivity contribution in [3.05, 3.63) is 93.0 Å². The van der Waals surface area contributed by atoms with Crippen LogP contribution in [0, 0.1) is 6.92 Å². The summed E-state index contributed by atoms with van der Waals surface area (Å²) in [6.07, 6.45) is 3.23. The van der Waals surface area contributed by atoms with Crippen LogP contribution in [0.3, 0.4) is 0 Å². The highest BCUT2D eigenvalue weighted by Gasteiger charge is 2.16. The topological polar surface area (TPSA) is 74.4 Å². The number of aryl methyl sites for hydroxylation is 1. The van der Waals surface area contributed by atoms with Gasteiger partial charge in [0.1, 0.15) is 11.5 Å². The van der Waals surface area contributed by atoms with Gasteiger partial charge in [-0.2, -0.15) is 0 Å². The molecule has 30 heavy (non-hydrogen) atoms. The average Bonchev–Trinajstić information content (AvgIpc) is 3.42. The first-order valence-electron chi connectivity index (χ1n) is 9.39. The molecule has 0 spiro atoms. The Morgan fingerprint density at radius 2 is 1.87 bits per heavy atom. The number of furan rings is 2. The minimum Gasteiger partial charge on any atom is -0.467 e. The first-order valence-corrected chi connectivity index (χ1v) is 10.2. The van der Waals surface area contributed by atoms with Crippen molar-refractivity contribution < 1.29 is 8.83 Å². The van der Waals surface area contributed by atoms with Crippen molar-refractivity contribution in [3.8, 4) is 0 Å². The summed E-state index contributed by atoms with van der Waals surface area (Å²) in [4.78, 5) is 17.5. The largest absolute Gasteiger partial charge is 0.467 e. The fourth-order valence-electron chi connectivity index (χ4n) is 3.19. The molecule has 0 atom stereocenters. The molecule has 3 heterocycles. The average molecular weight is 442 g/mol. The molecule has 4 rings (SSSR count). The molecule has 8 heteroatoms. The Labute approximate surface area is 183 Å². The number of hydrogen-bond acceptors (Lipinski definition) is 4. The maximum absolute atomic E-state index is 12.7. The molecule has 0 bridgehead atoms. The lowest BCUT2D eigenvalue weighted by Crippen LogP contribution is -2.39. The van der Waals surface area contributed by atoms with E-state index in [4.69, 9.17) is 32.7 Å². The lowest BCUT2D eigenvalue weighted by Gasteiger charge is -2.24. The predicted octanol–water partition coefficient (Wildman–Crippen LogP) is 4.75. The minimum atomic E-state index is -0.180. The van der Waals surface area contributed by atoms with Crippen LogP contribution in [-0.4, -0.2) is 15.0 Å². The summed E-state index contributed by atoms with van der Waals surface area (Å²) in [5, 5.41) is 5.21. The molecule has 2 N–H and O–H groups in total. The van der Waals surface area contributed by atoms with Gasteiger partial charge in [-0.25, -0.2) is 0 Å². The zero-order valence-corrected chi connectivity index (χ0v) is 17.8. The number of thiocarbonyl (C=S) groups is 1. The fourth-order valence-corrected chi connectivity index (χ4v) is 3.55. The van der Waals surface area contributed by atoms with Crippen LogP contribution in [0.1, 0.15) is 22.6 Å². The van der Waals surface area contributed by atoms with E-state index in [1.807, 2.05) is 48.2 Å². The third-order valence-electron chi connectivity index (χ3n) is 4.77. The number of aromatic amines is 1. The van der Waals surface area contributed by atoms with Crippen molar-refractivity contribution in [3.63, 3.8) is 0 Å². The quantitative estimate of drug-likeness (QED) is 0.420. The monoisotopic (exact) mass is 441 g/mol. The second-order valence-corrected chi connectivity index (χ2v) is 7.78. The predicted molar refractivity (Wildman–Crippen MR) is 120 cm³/mol. The maximum atomic E-state index is 12.7. The van der Waals surface area contributed by atoms with Crippen LogP contribution in [0.4, 0.5) is 0 Å². The molecule has 6 nitrogen and oxygen atoms in total. The normalized spacial score (nSPS) is 11.0. The highest BCUT2D eigenvalue weighted by molar-refractivity contribution is 7.80. The number of nitrogens with one attached hydrogen (secondary N) is 2. The van der Waals surface area contributed by atoms with Gasteiger partial charge in [-0.15, -0.1) is 0 Å². The molecule has 0 unspecified atom stereocenters. The van der Waals surface area contributed by atoms with Gasteiger partial charge in [0.2, 0.25) is 0 Å². The Balaban J connectivity index is 1.60. The molecule has 0 amide bonds. The second kappa shape index (κ2) is 8.77. The molecule has 4 aromatic rings. The van der Waals surface area contributed by atoms with E-state index in [1.165, 1.54) is 0 Å². The molecule has 0 radical (unpaired) electrons. The minimum absolute atomic E-state index is 0.180. The van der Waals surface area contributed by atoms with Gasteiger partial charge in [0, 0.05) is 16.1 Å². The molecule has 154 valence electrons. The first-order chi connectivity index (χ1) is 14.5. The molecule has 0 aliphatic rings. The third kappa shape index (κ3) is 4.58. The summed E-state index contributed by atoms with van der Waals surface area (Å²) in [6, 6.07) is 13.0. The standard InChI is InChI=1S/C22H20ClN3O3S/c1-14-8-15-9-16(21(27)25-20(15)10-19(14)23)12-26(13-18-5-3-7-29-18)22(30)24-11-17-4-2-6-28-17/h2-10H,11-13H2,1H3,(H,24,30)(H,25,27). The molecule has 0 fully saturated rings. The summed E-state index contributed by atoms with van der Waals surface area (Å²) in [7, 11) is 0. The summed E-state index contributed by atoms with van der Waals surface area (Å²) in [6.45, 7) is 3.13. The number of H-pyrrole nitrogens is 1. The van der Waals surface area contributed by atoms with Crippen LogP contribution in [0.5, 0.6) is 0 Å². The van der Waals surface area contributed by atoms with E-state index < -0.39 is 0 Å². The Hall–Kier alpha value is -3.03. The summed E-state index contributed by atoms with van der Waals surface area (Å²) < 4.78 is 10.8. The van der Waals surface area contributed by atoms with Crippen LogP contribution in [0.25, 0.3) is 10.9 Å². The smallest absolute Gasteiger partial charge is 0.253 e. The number of fused-ring (bicyclic) bond motifs is 1. The number of aromatic nitrogens is 1. The van der Waals surface area contributed by atoms with E-state index in [9.17, 15) is 4.79 Å². The van der Waals surface area contributed by atoms with E-state index in [0.717, 1.165) is 22.5 Å². The molecule has 0 aliphatic carbocycles. The Bertz CT molecular complexity index is 1220. The Morgan fingerprint density at radius 1 is 1.13 bits per heavy atom. The third-order valence-corrected chi connectivity index (χ3v) is 5.58. The van der Waals surface area contributed by atoms with E-state index in [2.05, 4.69) is 10.3 Å². The van der Waals surface area contributed by atoms with Crippen LogP contribution in [0.2, 0.25) is 5.02 Å². The van der Waals surface area contributed by atoms with Gasteiger partial charge in [0.15, 0.2) is 5.11 Å². The van der Waals surface area contributed by atoms with E-state index in [0.29, 0.717) is 40.8 Å². The van der Waals surface area contributed by atoms with Gasteiger partial charge in [0.25, 0.3) is 5.56 Å². The number of halogens is 1. The summed E-state index contributed by atoms with van der Waals surface area (Å²) >= 11 is 11.8. The van der Waals surface area contributed by atoms with Crippen LogP contribution in [-0.2, 0) is 19.6 Å². The van der Waals surface area contributed by atoms with Crippen molar-refractivity contribution in [2.75, 3.05) is 0 Å². The number of hydrogen-bond donors (Lipinski definition) is 2. The second-order valence-electron chi connectivity index (χ2n) is 6.99. The van der Waals surface area contributed by atoms with Crippen LogP contribution >= 0.6 is 23.8 Å². The Kier molecular flexibility index (Phi) is 5.92. The van der Waals surface area contributed by atoms with Crippen LogP contribution < -0.4 is 10.9 Å². The van der Waals surface area contributed by atoms with Gasteiger partial charge < -0.3 is 24.0 Å². The zero-order chi connectivity index (χ0) is 21.1. The van der Waals surface area contributed by atoms with E-state index >= 15 is 0 Å². The highest BCUT2D eigenvalue weighted by Crippen LogP contribution is 2.22. The lowest BCUT2D eigenvalue weighted by atomic mass is 10.1. The summed E-state index contributed by atoms with van der Waals surface area (Å²) in [5.41, 5.74) is 2.07. The fraction of sp³-hybridized carbons (Fsp3) is 0.182. The number of nitrogens with zero attached hydrogens (tertiary/aromatic N) is 1. The van der Waals surface area contributed by atoms with Gasteiger partial charge in [-0.3, -0.25) is 4.79 Å². The van der Waals surface area contributed by atoms with Gasteiger partial charge in [0.05, 0.1) is 32.2 Å². The molecular formula is C22H20ClN3O3S. The molecule has 0 saturated carbocycles. The summed E-state index contributed by atoms with van der Waals surface area (Å²) in [5.74, 6) is 1.52. The lowest BCUT2D eigenvalue weighted by molar-refractivity contribution is 0.348. The maximum Gasteiger partial charge on any atom is 0.253 e. The Morgan fingerprint density at radius 3 is 2.57 bits per heavy atom. The molecular weight excluding hydrogens is 422 g/mol.